The van der Waals surface area contributed by atoms with Crippen molar-refractivity contribution in [3.8, 4) is 17.0 Å². The minimum atomic E-state index is -1.19. The average molecular weight is 471 g/mol. The number of carbonyl (C=O) groups excluding carboxylic acids is 1. The summed E-state index contributed by atoms with van der Waals surface area (Å²) in [4.78, 5) is 26.5. The maximum Gasteiger partial charge on any atom is 0.213 e. The van der Waals surface area contributed by atoms with Crippen molar-refractivity contribution in [3.63, 3.8) is 0 Å². The fraction of sp³-hybridized carbons (Fsp3) is 0.115. The van der Waals surface area contributed by atoms with Gasteiger partial charge in [0.2, 0.25) is 11.7 Å². The number of benzene rings is 1. The number of aromatic amines is 1. The molecule has 3 aromatic heterocycles. The number of carbonyl (C=O) groups is 1. The molecule has 2 N–H and O–H groups in total. The number of nitrogens with one attached hydrogen (secondary N) is 2. The van der Waals surface area contributed by atoms with Crippen LogP contribution in [0.3, 0.4) is 0 Å². The lowest BCUT2D eigenvalue weighted by Crippen LogP contribution is -2.12. The molecule has 0 saturated carbocycles. The van der Waals surface area contributed by atoms with Crippen LogP contribution in [-0.2, 0) is 0 Å². The lowest BCUT2D eigenvalue weighted by Gasteiger charge is -2.10. The molecule has 9 heteroatoms. The van der Waals surface area contributed by atoms with E-state index in [0.717, 1.165) is 30.7 Å². The Labute approximate surface area is 199 Å². The van der Waals surface area contributed by atoms with Crippen LogP contribution in [0, 0.1) is 17.7 Å². The average Bonchev–Trinajstić information content (AvgIpc) is 3.54. The lowest BCUT2D eigenvalue weighted by atomic mass is 10.00. The van der Waals surface area contributed by atoms with E-state index < -0.39 is 28.7 Å². The van der Waals surface area contributed by atoms with Crippen molar-refractivity contribution in [3.05, 3.63) is 102 Å². The highest BCUT2D eigenvalue weighted by Gasteiger charge is 2.22. The predicted octanol–water partition coefficient (Wildman–Crippen LogP) is 5.73. The monoisotopic (exact) mass is 471 g/mol. The van der Waals surface area contributed by atoms with E-state index in [1.54, 1.807) is 24.5 Å². The molecule has 0 atom stereocenters. The van der Waals surface area contributed by atoms with Gasteiger partial charge in [-0.2, -0.15) is 0 Å². The fourth-order valence-corrected chi connectivity index (χ4v) is 3.76. The molecule has 174 valence electrons. The fourth-order valence-electron chi connectivity index (χ4n) is 3.76. The number of rotatable bonds is 8. The van der Waals surface area contributed by atoms with Gasteiger partial charge in [0.1, 0.15) is 29.6 Å². The Hall–Kier alpha value is -4.62. The third-order valence-corrected chi connectivity index (χ3v) is 5.58. The topological polar surface area (TPSA) is 94.9 Å². The third-order valence-electron chi connectivity index (χ3n) is 5.58. The van der Waals surface area contributed by atoms with Crippen LogP contribution in [-0.4, -0.2) is 38.8 Å². The number of aromatic nitrogens is 3. The minimum Gasteiger partial charge on any atom is -0.696 e. The van der Waals surface area contributed by atoms with Crippen molar-refractivity contribution in [1.82, 2.24) is 19.9 Å². The van der Waals surface area contributed by atoms with Gasteiger partial charge in [0.15, 0.2) is 12.3 Å². The van der Waals surface area contributed by atoms with Gasteiger partial charge in [-0.15, -0.1) is 5.69 Å². The van der Waals surface area contributed by atoms with Crippen LogP contribution >= 0.6 is 0 Å². The summed E-state index contributed by atoms with van der Waals surface area (Å²) in [5.41, 5.74) is 8.11. The van der Waals surface area contributed by atoms with Crippen LogP contribution in [0.4, 0.5) is 14.5 Å². The van der Waals surface area contributed by atoms with Crippen molar-refractivity contribution in [1.29, 1.82) is 0 Å². The van der Waals surface area contributed by atoms with Crippen molar-refractivity contribution >= 4 is 22.5 Å². The molecule has 0 radical (unpaired) electrons. The Bertz CT molecular complexity index is 1450. The summed E-state index contributed by atoms with van der Waals surface area (Å²) in [6.07, 6.45) is 14.1. The quantitative estimate of drug-likeness (QED) is 0.201. The zero-order valence-corrected chi connectivity index (χ0v) is 18.4. The summed E-state index contributed by atoms with van der Waals surface area (Å²) < 4.78 is 34.3. The summed E-state index contributed by atoms with van der Waals surface area (Å²) in [6.45, 7) is 1.34. The van der Waals surface area contributed by atoms with E-state index >= 15 is 0 Å². The molecule has 0 fully saturated rings. The largest absolute Gasteiger partial charge is 0.696 e. The van der Waals surface area contributed by atoms with Gasteiger partial charge >= 0.3 is 0 Å². The molecule has 35 heavy (non-hydrogen) atoms. The van der Waals surface area contributed by atoms with Crippen molar-refractivity contribution in [2.75, 3.05) is 13.2 Å². The smallest absolute Gasteiger partial charge is 0.213 e. The molecule has 0 spiro atoms. The number of nitrogens with zero attached hydrogens (tertiary/aromatic N) is 3. The van der Waals surface area contributed by atoms with Gasteiger partial charge in [0.05, 0.1) is 12.2 Å². The molecular formula is C26H19F2N5O2. The Kier molecular flexibility index (Phi) is 5.91. The molecule has 1 aliphatic heterocycles. The van der Waals surface area contributed by atoms with Crippen LogP contribution in [0.25, 0.3) is 27.9 Å². The molecule has 4 aromatic rings. The standard InChI is InChI=1S/C26H19F2N5O2/c27-20-5-6-21(29)24(28)23(20)25(34)19-15-32-26-18(19)12-17(14-31-26)16-4-7-22(30-13-16)35-11-3-10-33-8-1-2-9-33/h1,4-9,12-15,29H,3,10-11H2,(H,31,32,34). The number of H-pyrrole nitrogens is 1. The van der Waals surface area contributed by atoms with Gasteiger partial charge in [-0.05, 0) is 18.2 Å². The molecule has 5 rings (SSSR count). The Morgan fingerprint density at radius 2 is 2.00 bits per heavy atom. The highest BCUT2D eigenvalue weighted by Crippen LogP contribution is 2.30. The molecular weight excluding hydrogens is 452 g/mol. The predicted molar refractivity (Wildman–Crippen MR) is 127 cm³/mol. The third kappa shape index (κ3) is 4.45. The Morgan fingerprint density at radius 1 is 1.14 bits per heavy atom. The van der Waals surface area contributed by atoms with E-state index in [0.29, 0.717) is 29.1 Å². The first-order valence-corrected chi connectivity index (χ1v) is 10.8. The Morgan fingerprint density at radius 3 is 2.77 bits per heavy atom. The van der Waals surface area contributed by atoms with Crippen LogP contribution in [0.15, 0.2) is 67.4 Å². The highest BCUT2D eigenvalue weighted by molar-refractivity contribution is 6.16. The molecule has 4 heterocycles. The maximum atomic E-state index is 14.4. The number of allylic oxidation sites excluding steroid dienone is 2. The first kappa shape index (κ1) is 22.2. The molecule has 0 unspecified atom stereocenters. The SMILES string of the molecule is [NH-]c1ccc(F)c(C(=O)c2c[nH]c3ncc(-c4ccc(OCCCN5C=[C+]C=C5)nc4)cc23)c1F. The molecule has 1 aromatic carbocycles. The summed E-state index contributed by atoms with van der Waals surface area (Å²) in [7, 11) is 0. The van der Waals surface area contributed by atoms with Gasteiger partial charge in [0, 0.05) is 59.7 Å². The first-order chi connectivity index (χ1) is 17.0. The van der Waals surface area contributed by atoms with Crippen LogP contribution in [0.1, 0.15) is 22.3 Å². The number of ether oxygens (including phenoxy) is 1. The van der Waals surface area contributed by atoms with Crippen LogP contribution in [0.5, 0.6) is 5.88 Å². The second-order valence-corrected chi connectivity index (χ2v) is 7.87. The van der Waals surface area contributed by atoms with Crippen molar-refractivity contribution in [2.24, 2.45) is 0 Å². The second kappa shape index (κ2) is 9.32. The zero-order chi connectivity index (χ0) is 24.4. The summed E-state index contributed by atoms with van der Waals surface area (Å²) in [6, 6.07) is 7.15. The van der Waals surface area contributed by atoms with Gasteiger partial charge in [-0.1, -0.05) is 6.07 Å². The van der Waals surface area contributed by atoms with Crippen molar-refractivity contribution in [2.45, 2.75) is 6.42 Å². The van der Waals surface area contributed by atoms with E-state index in [2.05, 4.69) is 21.0 Å². The number of hydrogen-bond donors (Lipinski definition) is 1. The van der Waals surface area contributed by atoms with Crippen LogP contribution < -0.4 is 4.74 Å². The zero-order valence-electron chi connectivity index (χ0n) is 18.4. The molecule has 0 amide bonds. The van der Waals surface area contributed by atoms with E-state index in [-0.39, 0.29) is 5.56 Å². The molecule has 1 aliphatic rings. The normalized spacial score (nSPS) is 12.3. The molecule has 0 saturated heterocycles. The van der Waals surface area contributed by atoms with E-state index in [1.165, 1.54) is 6.20 Å². The summed E-state index contributed by atoms with van der Waals surface area (Å²) in [5, 5.41) is 0.407. The van der Waals surface area contributed by atoms with Gasteiger partial charge < -0.3 is 15.5 Å². The number of halogens is 2. The van der Waals surface area contributed by atoms with Gasteiger partial charge in [0.25, 0.3) is 0 Å². The first-order valence-electron chi connectivity index (χ1n) is 10.8. The van der Waals surface area contributed by atoms with Gasteiger partial charge in [-0.25, -0.2) is 18.7 Å². The van der Waals surface area contributed by atoms with Crippen LogP contribution in [0.2, 0.25) is 0 Å². The Balaban J connectivity index is 1.34. The molecule has 0 bridgehead atoms. The number of pyridine rings is 2. The van der Waals surface area contributed by atoms with E-state index in [9.17, 15) is 13.6 Å². The molecule has 0 aliphatic carbocycles. The molecule has 7 nitrogen and oxygen atoms in total. The highest BCUT2D eigenvalue weighted by atomic mass is 19.1. The number of hydrogen-bond acceptors (Lipinski definition) is 5. The van der Waals surface area contributed by atoms with E-state index in [1.807, 2.05) is 29.4 Å². The number of ketones is 1. The lowest BCUT2D eigenvalue weighted by molar-refractivity contribution is 0.103. The van der Waals surface area contributed by atoms with Crippen molar-refractivity contribution < 1.29 is 18.3 Å². The van der Waals surface area contributed by atoms with Gasteiger partial charge in [-0.3, -0.25) is 9.69 Å². The van der Waals surface area contributed by atoms with E-state index in [4.69, 9.17) is 10.5 Å². The minimum absolute atomic E-state index is 0.0611. The second-order valence-electron chi connectivity index (χ2n) is 7.87. The summed E-state index contributed by atoms with van der Waals surface area (Å²) >= 11 is 0. The maximum absolute atomic E-state index is 14.4. The number of fused-ring (bicyclic) bond motifs is 1. The summed E-state index contributed by atoms with van der Waals surface area (Å²) in [5.74, 6) is -2.59.